The van der Waals surface area contributed by atoms with E-state index in [4.69, 9.17) is 9.47 Å². The number of methoxy groups -OCH3 is 1. The van der Waals surface area contributed by atoms with E-state index in [0.29, 0.717) is 22.7 Å². The summed E-state index contributed by atoms with van der Waals surface area (Å²) < 4.78 is 10.4. The average molecular weight is 348 g/mol. The molecule has 6 heteroatoms. The first-order valence-electron chi connectivity index (χ1n) is 7.85. The number of para-hydroxylation sites is 1. The molecule has 0 bridgehead atoms. The van der Waals surface area contributed by atoms with Crippen molar-refractivity contribution in [3.8, 4) is 11.5 Å². The number of hydrogen-bond donors (Lipinski definition) is 1. The molecule has 0 spiro atoms. The Morgan fingerprint density at radius 3 is 2.35 bits per heavy atom. The van der Waals surface area contributed by atoms with Crippen molar-refractivity contribution in [2.45, 2.75) is 0 Å². The van der Waals surface area contributed by atoms with E-state index in [1.54, 1.807) is 66.7 Å². The highest BCUT2D eigenvalue weighted by molar-refractivity contribution is 6.06. The van der Waals surface area contributed by atoms with Crippen LogP contribution in [0.5, 0.6) is 11.5 Å². The van der Waals surface area contributed by atoms with Crippen molar-refractivity contribution in [1.82, 2.24) is 4.98 Å². The van der Waals surface area contributed by atoms with Crippen molar-refractivity contribution in [3.05, 3.63) is 84.2 Å². The lowest BCUT2D eigenvalue weighted by molar-refractivity contribution is 0.0728. The molecule has 0 atom stereocenters. The van der Waals surface area contributed by atoms with Crippen LogP contribution >= 0.6 is 0 Å². The average Bonchev–Trinajstić information content (AvgIpc) is 2.70. The Morgan fingerprint density at radius 1 is 0.923 bits per heavy atom. The third-order valence-electron chi connectivity index (χ3n) is 3.55. The van der Waals surface area contributed by atoms with Crippen LogP contribution in [0.15, 0.2) is 72.9 Å². The van der Waals surface area contributed by atoms with Crippen molar-refractivity contribution in [3.63, 3.8) is 0 Å². The number of nitrogens with zero attached hydrogens (tertiary/aromatic N) is 1. The van der Waals surface area contributed by atoms with E-state index >= 15 is 0 Å². The third-order valence-corrected chi connectivity index (χ3v) is 3.55. The number of nitrogens with one attached hydrogen (secondary N) is 1. The lowest BCUT2D eigenvalue weighted by atomic mass is 10.2. The fourth-order valence-corrected chi connectivity index (χ4v) is 2.28. The summed E-state index contributed by atoms with van der Waals surface area (Å²) in [4.78, 5) is 28.3. The minimum Gasteiger partial charge on any atom is -0.496 e. The smallest absolute Gasteiger partial charge is 0.362 e. The fourth-order valence-electron chi connectivity index (χ4n) is 2.28. The highest BCUT2D eigenvalue weighted by atomic mass is 16.5. The first-order valence-corrected chi connectivity index (χ1v) is 7.85. The fraction of sp³-hybridized carbons (Fsp3) is 0.0500. The molecule has 0 unspecified atom stereocenters. The Bertz CT molecular complexity index is 909. The number of rotatable bonds is 5. The molecule has 2 aromatic carbocycles. The lowest BCUT2D eigenvalue weighted by Crippen LogP contribution is -2.13. The van der Waals surface area contributed by atoms with Gasteiger partial charge in [0.15, 0.2) is 0 Å². The molecule has 1 amide bonds. The van der Waals surface area contributed by atoms with Gasteiger partial charge in [-0.15, -0.1) is 0 Å². The Hall–Kier alpha value is -3.67. The van der Waals surface area contributed by atoms with Crippen molar-refractivity contribution >= 4 is 17.6 Å². The van der Waals surface area contributed by atoms with Crippen LogP contribution in [-0.2, 0) is 0 Å². The van der Waals surface area contributed by atoms with Crippen molar-refractivity contribution in [2.24, 2.45) is 0 Å². The Balaban J connectivity index is 1.66. The number of hydrogen-bond acceptors (Lipinski definition) is 5. The number of carbonyl (C=O) groups excluding carboxylic acids is 2. The van der Waals surface area contributed by atoms with Gasteiger partial charge in [0, 0.05) is 11.9 Å². The van der Waals surface area contributed by atoms with Crippen LogP contribution in [0.4, 0.5) is 5.69 Å². The largest absolute Gasteiger partial charge is 0.496 e. The van der Waals surface area contributed by atoms with E-state index in [1.165, 1.54) is 13.3 Å². The van der Waals surface area contributed by atoms with Gasteiger partial charge in [0.05, 0.1) is 12.7 Å². The van der Waals surface area contributed by atoms with Crippen LogP contribution in [0.1, 0.15) is 20.8 Å². The van der Waals surface area contributed by atoms with Gasteiger partial charge in [0.2, 0.25) is 0 Å². The highest BCUT2D eigenvalue weighted by Gasteiger charge is 2.12. The van der Waals surface area contributed by atoms with Gasteiger partial charge in [0.25, 0.3) is 5.91 Å². The number of esters is 1. The van der Waals surface area contributed by atoms with Gasteiger partial charge in [-0.05, 0) is 48.5 Å². The third kappa shape index (κ3) is 4.05. The second-order valence-corrected chi connectivity index (χ2v) is 5.28. The summed E-state index contributed by atoms with van der Waals surface area (Å²) >= 11 is 0. The molecule has 0 aliphatic carbocycles. The minimum atomic E-state index is -0.545. The molecular formula is C20H16N2O4. The van der Waals surface area contributed by atoms with Gasteiger partial charge in [0.1, 0.15) is 17.2 Å². The molecule has 0 fully saturated rings. The minimum absolute atomic E-state index is 0.223. The zero-order chi connectivity index (χ0) is 18.4. The maximum atomic E-state index is 12.4. The van der Waals surface area contributed by atoms with Gasteiger partial charge < -0.3 is 14.8 Å². The number of amides is 1. The van der Waals surface area contributed by atoms with E-state index in [9.17, 15) is 9.59 Å². The molecule has 0 aliphatic rings. The number of aromatic nitrogens is 1. The van der Waals surface area contributed by atoms with E-state index in [-0.39, 0.29) is 11.6 Å². The van der Waals surface area contributed by atoms with Crippen LogP contribution in [0.25, 0.3) is 0 Å². The molecule has 26 heavy (non-hydrogen) atoms. The quantitative estimate of drug-likeness (QED) is 0.563. The van der Waals surface area contributed by atoms with Crippen LogP contribution in [0, 0.1) is 0 Å². The predicted octanol–water partition coefficient (Wildman–Crippen LogP) is 3.56. The number of ether oxygens (including phenoxy) is 2. The SMILES string of the molecule is COc1ccccc1C(=O)Nc1ccc(OC(=O)c2ccccn2)cc1. The molecule has 3 rings (SSSR count). The molecule has 3 aromatic rings. The molecule has 0 aliphatic heterocycles. The first-order chi connectivity index (χ1) is 12.7. The molecule has 1 N–H and O–H groups in total. The zero-order valence-electron chi connectivity index (χ0n) is 14.0. The first kappa shape index (κ1) is 17.2. The van der Waals surface area contributed by atoms with Crippen LogP contribution in [0.2, 0.25) is 0 Å². The summed E-state index contributed by atoms with van der Waals surface area (Å²) in [6.07, 6.45) is 1.52. The van der Waals surface area contributed by atoms with Crippen LogP contribution in [0.3, 0.4) is 0 Å². The molecular weight excluding hydrogens is 332 g/mol. The second-order valence-electron chi connectivity index (χ2n) is 5.28. The molecule has 6 nitrogen and oxygen atoms in total. The van der Waals surface area contributed by atoms with Crippen LogP contribution in [-0.4, -0.2) is 24.0 Å². The standard InChI is InChI=1S/C20H16N2O4/c1-25-18-8-3-2-6-16(18)19(23)22-14-9-11-15(12-10-14)26-20(24)17-7-4-5-13-21-17/h2-13H,1H3,(H,22,23). The number of carbonyl (C=O) groups is 2. The second kappa shape index (κ2) is 7.94. The van der Waals surface area contributed by atoms with Gasteiger partial charge in [-0.25, -0.2) is 9.78 Å². The molecule has 0 saturated heterocycles. The van der Waals surface area contributed by atoms with E-state index < -0.39 is 5.97 Å². The Kier molecular flexibility index (Phi) is 5.24. The number of pyridine rings is 1. The molecule has 130 valence electrons. The van der Waals surface area contributed by atoms with Gasteiger partial charge >= 0.3 is 5.97 Å². The Labute approximate surface area is 150 Å². The van der Waals surface area contributed by atoms with Gasteiger partial charge in [-0.1, -0.05) is 18.2 Å². The monoisotopic (exact) mass is 348 g/mol. The summed E-state index contributed by atoms with van der Waals surface area (Å²) in [6, 6.07) is 18.4. The summed E-state index contributed by atoms with van der Waals surface area (Å²) in [5.41, 5.74) is 1.22. The van der Waals surface area contributed by atoms with Gasteiger partial charge in [-0.2, -0.15) is 0 Å². The molecule has 0 radical (unpaired) electrons. The van der Waals surface area contributed by atoms with Gasteiger partial charge in [-0.3, -0.25) is 4.79 Å². The topological polar surface area (TPSA) is 77.5 Å². The summed E-state index contributed by atoms with van der Waals surface area (Å²) in [5, 5.41) is 2.77. The predicted molar refractivity (Wildman–Crippen MR) is 96.6 cm³/mol. The highest BCUT2D eigenvalue weighted by Crippen LogP contribution is 2.21. The normalized spacial score (nSPS) is 10.0. The Morgan fingerprint density at radius 2 is 1.65 bits per heavy atom. The summed E-state index contributed by atoms with van der Waals surface area (Å²) in [7, 11) is 1.51. The van der Waals surface area contributed by atoms with Crippen molar-refractivity contribution < 1.29 is 19.1 Å². The maximum Gasteiger partial charge on any atom is 0.362 e. The van der Waals surface area contributed by atoms with E-state index in [2.05, 4.69) is 10.3 Å². The number of anilines is 1. The van der Waals surface area contributed by atoms with E-state index in [0.717, 1.165) is 0 Å². The van der Waals surface area contributed by atoms with Crippen molar-refractivity contribution in [2.75, 3.05) is 12.4 Å². The molecule has 1 heterocycles. The zero-order valence-corrected chi connectivity index (χ0v) is 14.0. The number of benzene rings is 2. The summed E-state index contributed by atoms with van der Waals surface area (Å²) in [6.45, 7) is 0. The van der Waals surface area contributed by atoms with Crippen molar-refractivity contribution in [1.29, 1.82) is 0 Å². The summed E-state index contributed by atoms with van der Waals surface area (Å²) in [5.74, 6) is 0.0129. The lowest BCUT2D eigenvalue weighted by Gasteiger charge is -2.09. The molecule has 0 saturated carbocycles. The van der Waals surface area contributed by atoms with Crippen LogP contribution < -0.4 is 14.8 Å². The molecule has 1 aromatic heterocycles. The maximum absolute atomic E-state index is 12.4. The van der Waals surface area contributed by atoms with E-state index in [1.807, 2.05) is 0 Å².